The number of aryl methyl sites for hydroxylation is 3. The Morgan fingerprint density at radius 1 is 1.00 bits per heavy atom. The summed E-state index contributed by atoms with van der Waals surface area (Å²) in [6, 6.07) is 19.9. The Bertz CT molecular complexity index is 1140. The molecule has 1 amide bonds. The van der Waals surface area contributed by atoms with Crippen molar-refractivity contribution in [2.24, 2.45) is 0 Å². The van der Waals surface area contributed by atoms with Crippen LogP contribution in [0.5, 0.6) is 5.75 Å². The van der Waals surface area contributed by atoms with Gasteiger partial charge in [0.2, 0.25) is 0 Å². The standard InChI is InChI=1S/C24H22N2O2S2/c1-16-7-6-8-19(13-16)15-28-21-10-5-4-9-20(21)14-22-23(27)26(24(29)30-22)25-17(2)11-12-18(25)3/h4-14H,15H2,1-3H3/b22-14+. The Labute approximate surface area is 186 Å². The predicted octanol–water partition coefficient (Wildman–Crippen LogP) is 5.53. The van der Waals surface area contributed by atoms with E-state index in [-0.39, 0.29) is 5.91 Å². The first-order chi connectivity index (χ1) is 14.4. The Morgan fingerprint density at radius 2 is 1.73 bits per heavy atom. The van der Waals surface area contributed by atoms with Crippen molar-refractivity contribution in [2.45, 2.75) is 27.4 Å². The van der Waals surface area contributed by atoms with Crippen molar-refractivity contribution in [3.05, 3.63) is 93.6 Å². The normalized spacial score (nSPS) is 15.3. The van der Waals surface area contributed by atoms with Gasteiger partial charge in [-0.3, -0.25) is 9.47 Å². The quantitative estimate of drug-likeness (QED) is 0.391. The molecular formula is C24H22N2O2S2. The van der Waals surface area contributed by atoms with Crippen LogP contribution in [0.4, 0.5) is 0 Å². The van der Waals surface area contributed by atoms with Gasteiger partial charge in [0.1, 0.15) is 12.4 Å². The average Bonchev–Trinajstić information content (AvgIpc) is 3.18. The lowest BCUT2D eigenvalue weighted by Crippen LogP contribution is -2.39. The number of thioether (sulfide) groups is 1. The summed E-state index contributed by atoms with van der Waals surface area (Å²) < 4.78 is 8.45. The van der Waals surface area contributed by atoms with Crippen molar-refractivity contribution in [2.75, 3.05) is 5.01 Å². The van der Waals surface area contributed by atoms with Gasteiger partial charge in [-0.15, -0.1) is 0 Å². The molecule has 4 nitrogen and oxygen atoms in total. The molecular weight excluding hydrogens is 412 g/mol. The molecule has 4 rings (SSSR count). The number of rotatable bonds is 5. The largest absolute Gasteiger partial charge is 0.488 e. The molecule has 1 aliphatic heterocycles. The Balaban J connectivity index is 1.59. The Kier molecular flexibility index (Phi) is 5.79. The molecule has 0 atom stereocenters. The van der Waals surface area contributed by atoms with Gasteiger partial charge < -0.3 is 4.74 Å². The second-order valence-corrected chi connectivity index (χ2v) is 8.91. The summed E-state index contributed by atoms with van der Waals surface area (Å²) in [5.74, 6) is 0.610. The van der Waals surface area contributed by atoms with Crippen molar-refractivity contribution in [3.63, 3.8) is 0 Å². The van der Waals surface area contributed by atoms with Crippen LogP contribution in [0.25, 0.3) is 6.08 Å². The molecule has 30 heavy (non-hydrogen) atoms. The summed E-state index contributed by atoms with van der Waals surface area (Å²) in [6.07, 6.45) is 1.86. The van der Waals surface area contributed by atoms with E-state index in [9.17, 15) is 4.79 Å². The van der Waals surface area contributed by atoms with E-state index in [0.29, 0.717) is 15.8 Å². The van der Waals surface area contributed by atoms with E-state index in [2.05, 4.69) is 19.1 Å². The van der Waals surface area contributed by atoms with E-state index in [1.807, 2.05) is 73.1 Å². The second kappa shape index (κ2) is 8.50. The lowest BCUT2D eigenvalue weighted by atomic mass is 10.1. The zero-order chi connectivity index (χ0) is 21.3. The summed E-state index contributed by atoms with van der Waals surface area (Å²) in [5.41, 5.74) is 5.09. The maximum Gasteiger partial charge on any atom is 0.285 e. The van der Waals surface area contributed by atoms with Gasteiger partial charge >= 0.3 is 0 Å². The number of nitrogens with zero attached hydrogens (tertiary/aromatic N) is 2. The zero-order valence-electron chi connectivity index (χ0n) is 17.1. The highest BCUT2D eigenvalue weighted by atomic mass is 32.2. The van der Waals surface area contributed by atoms with E-state index < -0.39 is 0 Å². The molecule has 0 bridgehead atoms. The first kappa shape index (κ1) is 20.4. The number of para-hydroxylation sites is 1. The number of aromatic nitrogens is 1. The molecule has 6 heteroatoms. The maximum atomic E-state index is 13.1. The van der Waals surface area contributed by atoms with E-state index in [0.717, 1.165) is 28.3 Å². The monoisotopic (exact) mass is 434 g/mol. The highest BCUT2D eigenvalue weighted by molar-refractivity contribution is 8.27. The minimum Gasteiger partial charge on any atom is -0.488 e. The number of carbonyl (C=O) groups excluding carboxylic acids is 1. The van der Waals surface area contributed by atoms with Crippen LogP contribution in [0.3, 0.4) is 0 Å². The number of amides is 1. The molecule has 2 aromatic carbocycles. The molecule has 0 aliphatic carbocycles. The molecule has 0 spiro atoms. The fourth-order valence-corrected chi connectivity index (χ4v) is 4.68. The molecule has 0 N–H and O–H groups in total. The molecule has 3 aromatic rings. The predicted molar refractivity (Wildman–Crippen MR) is 127 cm³/mol. The number of ether oxygens (including phenoxy) is 1. The van der Waals surface area contributed by atoms with E-state index in [1.54, 1.807) is 5.01 Å². The van der Waals surface area contributed by atoms with Gasteiger partial charge in [0.25, 0.3) is 5.91 Å². The van der Waals surface area contributed by atoms with Crippen LogP contribution in [0.15, 0.2) is 65.6 Å². The van der Waals surface area contributed by atoms with Gasteiger partial charge in [-0.05, 0) is 62.8 Å². The van der Waals surface area contributed by atoms with Crippen LogP contribution in [-0.2, 0) is 11.4 Å². The molecule has 0 unspecified atom stereocenters. The number of hydrogen-bond acceptors (Lipinski definition) is 4. The van der Waals surface area contributed by atoms with E-state index >= 15 is 0 Å². The van der Waals surface area contributed by atoms with Crippen LogP contribution >= 0.6 is 24.0 Å². The first-order valence-corrected chi connectivity index (χ1v) is 10.9. The van der Waals surface area contributed by atoms with Gasteiger partial charge in [-0.2, -0.15) is 5.01 Å². The summed E-state index contributed by atoms with van der Waals surface area (Å²) in [4.78, 5) is 13.7. The smallest absolute Gasteiger partial charge is 0.285 e. The first-order valence-electron chi connectivity index (χ1n) is 9.64. The number of hydrogen-bond donors (Lipinski definition) is 0. The fraction of sp³-hybridized carbons (Fsp3) is 0.167. The van der Waals surface area contributed by atoms with E-state index in [1.165, 1.54) is 17.3 Å². The summed E-state index contributed by atoms with van der Waals surface area (Å²) in [7, 11) is 0. The SMILES string of the molecule is Cc1cccc(COc2ccccc2/C=C2/SC(=S)N(n3c(C)ccc3C)C2=O)c1. The van der Waals surface area contributed by atoms with Crippen LogP contribution < -0.4 is 9.75 Å². The number of thiocarbonyl (C=S) groups is 1. The highest BCUT2D eigenvalue weighted by Gasteiger charge is 2.34. The molecule has 0 radical (unpaired) electrons. The fourth-order valence-electron chi connectivity index (χ4n) is 3.44. The summed E-state index contributed by atoms with van der Waals surface area (Å²) in [6.45, 7) is 6.45. The van der Waals surface area contributed by atoms with Crippen LogP contribution in [0.2, 0.25) is 0 Å². The summed E-state index contributed by atoms with van der Waals surface area (Å²) >= 11 is 6.82. The molecule has 0 saturated carbocycles. The topological polar surface area (TPSA) is 34.5 Å². The highest BCUT2D eigenvalue weighted by Crippen LogP contribution is 2.34. The zero-order valence-corrected chi connectivity index (χ0v) is 18.7. The molecule has 1 aromatic heterocycles. The van der Waals surface area contributed by atoms with Crippen molar-refractivity contribution in [3.8, 4) is 5.75 Å². The molecule has 152 valence electrons. The van der Waals surface area contributed by atoms with Crippen LogP contribution in [0.1, 0.15) is 28.1 Å². The maximum absolute atomic E-state index is 13.1. The minimum atomic E-state index is -0.124. The Hall–Kier alpha value is -2.83. The minimum absolute atomic E-state index is 0.124. The summed E-state index contributed by atoms with van der Waals surface area (Å²) in [5, 5.41) is 1.56. The molecule has 1 aliphatic rings. The number of benzene rings is 2. The third-order valence-corrected chi connectivity index (χ3v) is 6.17. The van der Waals surface area contributed by atoms with Crippen molar-refractivity contribution >= 4 is 40.3 Å². The van der Waals surface area contributed by atoms with Crippen molar-refractivity contribution in [1.82, 2.24) is 4.68 Å². The number of carbonyl (C=O) groups is 1. The third kappa shape index (κ3) is 4.06. The lowest BCUT2D eigenvalue weighted by molar-refractivity contribution is -0.114. The van der Waals surface area contributed by atoms with Gasteiger partial charge in [0.15, 0.2) is 4.32 Å². The average molecular weight is 435 g/mol. The van der Waals surface area contributed by atoms with Crippen molar-refractivity contribution in [1.29, 1.82) is 0 Å². The lowest BCUT2D eigenvalue weighted by Gasteiger charge is -2.20. The van der Waals surface area contributed by atoms with Crippen LogP contribution in [-0.4, -0.2) is 14.9 Å². The van der Waals surface area contributed by atoms with Gasteiger partial charge in [0.05, 0.1) is 4.91 Å². The van der Waals surface area contributed by atoms with Gasteiger partial charge in [0, 0.05) is 17.0 Å². The molecule has 2 heterocycles. The van der Waals surface area contributed by atoms with Crippen LogP contribution in [0, 0.1) is 20.8 Å². The second-order valence-electron chi connectivity index (χ2n) is 7.24. The molecule has 1 saturated heterocycles. The van der Waals surface area contributed by atoms with E-state index in [4.69, 9.17) is 17.0 Å². The van der Waals surface area contributed by atoms with Gasteiger partial charge in [-0.1, -0.05) is 59.8 Å². The third-order valence-electron chi connectivity index (χ3n) is 4.89. The molecule has 1 fully saturated rings. The Morgan fingerprint density at radius 3 is 2.47 bits per heavy atom. The van der Waals surface area contributed by atoms with Gasteiger partial charge in [-0.25, -0.2) is 0 Å². The van der Waals surface area contributed by atoms with Crippen molar-refractivity contribution < 1.29 is 9.53 Å².